The molecule has 0 saturated heterocycles. The minimum Gasteiger partial charge on any atom is -0.388 e. The van der Waals surface area contributed by atoms with Gasteiger partial charge in [-0.25, -0.2) is 18.7 Å². The van der Waals surface area contributed by atoms with E-state index in [2.05, 4.69) is 170 Å². The maximum atomic E-state index is 12.9. The number of pyridine rings is 4. The molecule has 8 aromatic heterocycles. The molecule has 2 unspecified atom stereocenters. The van der Waals surface area contributed by atoms with Crippen molar-refractivity contribution in [3.8, 4) is 0 Å². The second-order valence-electron chi connectivity index (χ2n) is 40.0. The van der Waals surface area contributed by atoms with Gasteiger partial charge in [0, 0.05) is 62.7 Å². The Kier molecular flexibility index (Phi) is 29.2. The van der Waals surface area contributed by atoms with Crippen LogP contribution in [0.15, 0.2) is 139 Å². The number of hydrogen-bond acceptors (Lipinski definition) is 24. The Morgan fingerprint density at radius 2 is 0.654 bits per heavy atom. The van der Waals surface area contributed by atoms with E-state index in [1.165, 1.54) is 18.6 Å². The maximum absolute atomic E-state index is 12.9. The molecule has 0 aliphatic heterocycles. The van der Waals surface area contributed by atoms with Crippen LogP contribution in [-0.4, -0.2) is 150 Å². The number of halogens is 4. The third kappa shape index (κ3) is 20.0. The molecule has 4 amide bonds. The Morgan fingerprint density at radius 1 is 0.392 bits per heavy atom. The molecule has 20 rings (SSSR count). The fraction of sp³-hybridized carbons (Fsp3) is 0.574. The summed E-state index contributed by atoms with van der Waals surface area (Å²) in [7, 11) is 0. The van der Waals surface area contributed by atoms with E-state index in [4.69, 9.17) is 23.2 Å². The highest BCUT2D eigenvalue weighted by molar-refractivity contribution is 9.11. The Hall–Kier alpha value is -9.42. The number of nitrogens with one attached hydrogen (secondary N) is 8. The summed E-state index contributed by atoms with van der Waals surface area (Å²) in [6.07, 6.45) is 28.3. The molecule has 18 atom stereocenters. The first-order valence-corrected chi connectivity index (χ1v) is 47.2. The van der Waals surface area contributed by atoms with E-state index in [0.717, 1.165) is 103 Å². The number of carbonyl (C=O) groups excluding carboxylic acids is 4. The summed E-state index contributed by atoms with van der Waals surface area (Å²) in [4.78, 5) is 117. The fourth-order valence-corrected chi connectivity index (χ4v) is 23.2. The van der Waals surface area contributed by atoms with E-state index < -0.39 is 44.6 Å². The standard InChI is InChI=1S/C24H32BrN5O3.C24H32ClN5O3.C23H30BrN5O3.C23H30ClN5O3/c2*1-5-16(14-6-8-26-9-7-14)29-20(31)13-30-22(32)21(25)17(12-27-30)28-19-11-15-10-18(23(15,2)3)24(19,4)33;2*1-13-9-25-6-5-14(13)10-26-19(30)12-29-21(31)20(24)16(11-27-29)28-18-8-15-7-17(22(15,2)3)23(18,4)32/h2*6-9,12,15-16,18-19,28,33H,5,10-11,13H2,1-4H3,(H,29,31);2*5-6,9,11,15,17-18,28,32H,7-8,10,12H2,1-4H3,(H,26,30)/t2*15-,16?,18-,19+,24-;2*15-,17-,18+,23-/m0000/s1. The van der Waals surface area contributed by atoms with Crippen LogP contribution in [-0.2, 0) is 58.4 Å². The predicted octanol–water partition coefficient (Wildman–Crippen LogP) is 11.6. The van der Waals surface area contributed by atoms with Gasteiger partial charge in [0.05, 0.1) is 106 Å². The largest absolute Gasteiger partial charge is 0.388 e. The lowest BCUT2D eigenvalue weighted by atomic mass is 9.43. The number of aromatic nitrogens is 12. The lowest BCUT2D eigenvalue weighted by Crippen LogP contribution is -2.68. The van der Waals surface area contributed by atoms with Crippen LogP contribution in [0.25, 0.3) is 0 Å². The number of anilines is 4. The molecule has 12 aliphatic rings. The molecule has 8 bridgehead atoms. The average Bonchev–Trinajstić information content (AvgIpc) is 0.719. The summed E-state index contributed by atoms with van der Waals surface area (Å²) in [6, 6.07) is 9.98. The fourth-order valence-electron chi connectivity index (χ4n) is 21.9. The lowest BCUT2D eigenvalue weighted by Gasteiger charge is -2.65. The van der Waals surface area contributed by atoms with Crippen LogP contribution < -0.4 is 64.8 Å². The molecule has 0 radical (unpaired) electrons. The van der Waals surface area contributed by atoms with E-state index in [0.29, 0.717) is 81.3 Å². The summed E-state index contributed by atoms with van der Waals surface area (Å²) in [5.74, 6) is 1.65. The molecule has 12 aliphatic carbocycles. The molecule has 0 aromatic carbocycles. The molecule has 12 fully saturated rings. The number of carbonyl (C=O) groups is 4. The lowest BCUT2D eigenvalue weighted by molar-refractivity contribution is -0.199. The molecule has 36 heteroatoms. The van der Waals surface area contributed by atoms with Gasteiger partial charge in [0.15, 0.2) is 0 Å². The second-order valence-corrected chi connectivity index (χ2v) is 42.3. The first-order chi connectivity index (χ1) is 61.1. The highest BCUT2D eigenvalue weighted by Gasteiger charge is 2.66. The summed E-state index contributed by atoms with van der Waals surface area (Å²) < 4.78 is 4.98. The van der Waals surface area contributed by atoms with Crippen LogP contribution in [0.1, 0.15) is 207 Å². The van der Waals surface area contributed by atoms with Crippen molar-refractivity contribution in [1.29, 1.82) is 0 Å². The van der Waals surface area contributed by atoms with Gasteiger partial charge in [-0.1, -0.05) is 92.4 Å². The highest BCUT2D eigenvalue weighted by Crippen LogP contribution is 2.66. The van der Waals surface area contributed by atoms with Gasteiger partial charge < -0.3 is 63.0 Å². The van der Waals surface area contributed by atoms with Gasteiger partial charge >= 0.3 is 0 Å². The smallest absolute Gasteiger partial charge is 0.288 e. The number of hydrogen-bond donors (Lipinski definition) is 12. The van der Waals surface area contributed by atoms with E-state index in [1.807, 2.05) is 91.8 Å². The molecule has 8 heterocycles. The number of nitrogens with zero attached hydrogens (tertiary/aromatic N) is 12. The van der Waals surface area contributed by atoms with Crippen LogP contribution in [0.2, 0.25) is 10.0 Å². The monoisotopic (exact) mass is 1950 g/mol. The highest BCUT2D eigenvalue weighted by atomic mass is 79.9. The Labute approximate surface area is 784 Å². The molecule has 8 aromatic rings. The number of amides is 4. The number of aryl methyl sites for hydroxylation is 2. The molecular weight excluding hydrogens is 1830 g/mol. The van der Waals surface area contributed by atoms with Crippen molar-refractivity contribution in [2.24, 2.45) is 69.0 Å². The van der Waals surface area contributed by atoms with Crippen LogP contribution in [0, 0.1) is 82.9 Å². The molecule has 0 spiro atoms. The number of rotatable bonds is 26. The normalized spacial score (nSPS) is 28.2. The topological polar surface area (TPSA) is 437 Å². The zero-order valence-electron chi connectivity index (χ0n) is 76.7. The molecule has 12 saturated carbocycles. The van der Waals surface area contributed by atoms with Crippen LogP contribution in [0.4, 0.5) is 22.7 Å². The summed E-state index contributed by atoms with van der Waals surface area (Å²) in [6.45, 7) is 32.8. The zero-order valence-corrected chi connectivity index (χ0v) is 81.4. The summed E-state index contributed by atoms with van der Waals surface area (Å²) >= 11 is 19.4. The van der Waals surface area contributed by atoms with Crippen molar-refractivity contribution >= 4 is 101 Å². The van der Waals surface area contributed by atoms with Crippen LogP contribution in [0.3, 0.4) is 0 Å². The van der Waals surface area contributed by atoms with Gasteiger partial charge in [-0.3, -0.25) is 58.3 Å². The number of fused-ring (bicyclic) bond motifs is 8. The van der Waals surface area contributed by atoms with Crippen molar-refractivity contribution in [2.45, 2.75) is 273 Å². The summed E-state index contributed by atoms with van der Waals surface area (Å²) in [5.41, 5.74) is 2.59. The first kappa shape index (κ1) is 98.1. The predicted molar refractivity (Wildman–Crippen MR) is 504 cm³/mol. The Bertz CT molecular complexity index is 5410. The third-order valence-electron chi connectivity index (χ3n) is 31.0. The second kappa shape index (κ2) is 38.6. The van der Waals surface area contributed by atoms with E-state index in [1.54, 1.807) is 55.8 Å². The van der Waals surface area contributed by atoms with E-state index in [9.17, 15) is 58.8 Å². The van der Waals surface area contributed by atoms with Crippen LogP contribution in [0.5, 0.6) is 0 Å². The van der Waals surface area contributed by atoms with Crippen molar-refractivity contribution in [3.63, 3.8) is 0 Å². The minimum absolute atomic E-state index is 0.0340. The van der Waals surface area contributed by atoms with Gasteiger partial charge in [-0.15, -0.1) is 0 Å². The van der Waals surface area contributed by atoms with Crippen molar-refractivity contribution < 1.29 is 39.6 Å². The third-order valence-corrected chi connectivity index (χ3v) is 33.2. The van der Waals surface area contributed by atoms with Gasteiger partial charge in [0.25, 0.3) is 22.2 Å². The van der Waals surface area contributed by atoms with Gasteiger partial charge in [-0.05, 0) is 276 Å². The number of aliphatic hydroxyl groups is 4. The van der Waals surface area contributed by atoms with Gasteiger partial charge in [-0.2, -0.15) is 20.4 Å². The molecule has 32 nitrogen and oxygen atoms in total. The molecule has 700 valence electrons. The SMILES string of the molecule is CCC(NC(=O)Cn1ncc(N[C@@H]2C[C@@H]3C[C@@H](C3(C)C)[C@]2(C)O)c(Br)c1=O)c1ccncc1.CCC(NC(=O)Cn1ncc(N[C@@H]2C[C@@H]3C[C@@H](C3(C)C)[C@]2(C)O)c(Cl)c1=O)c1ccncc1.Cc1cnccc1CNC(=O)Cn1ncc(N[C@@H]2C[C@@H]3C[C@@H](C3(C)C)[C@]2(C)O)c(Br)c1=O.Cc1cnccc1CNC(=O)Cn1ncc(N[C@@H]2C[C@@H]3C[C@@H](C3(C)C)[C@]2(C)O)c(Cl)c1=O. The average molecular weight is 1960 g/mol. The van der Waals surface area contributed by atoms with Crippen molar-refractivity contribution in [2.75, 3.05) is 21.3 Å². The quantitative estimate of drug-likeness (QED) is 0.0239. The first-order valence-electron chi connectivity index (χ1n) is 44.8. The minimum atomic E-state index is -0.918. The Morgan fingerprint density at radius 3 is 0.923 bits per heavy atom. The zero-order chi connectivity index (χ0) is 94.4. The van der Waals surface area contributed by atoms with Gasteiger partial charge in [0.2, 0.25) is 23.6 Å². The van der Waals surface area contributed by atoms with E-state index >= 15 is 0 Å². The van der Waals surface area contributed by atoms with Gasteiger partial charge in [0.1, 0.15) is 45.2 Å². The maximum Gasteiger partial charge on any atom is 0.288 e. The van der Waals surface area contributed by atoms with Crippen molar-refractivity contribution in [3.05, 3.63) is 205 Å². The molecule has 130 heavy (non-hydrogen) atoms. The molecule has 12 N–H and O–H groups in total. The van der Waals surface area contributed by atoms with Crippen LogP contribution >= 0.6 is 55.1 Å². The Balaban J connectivity index is 0.000000148. The van der Waals surface area contributed by atoms with E-state index in [-0.39, 0.29) is 141 Å². The van der Waals surface area contributed by atoms with Crippen molar-refractivity contribution in [1.82, 2.24) is 80.3 Å². The molecular formula is C94H124Br2Cl2N20O12. The summed E-state index contributed by atoms with van der Waals surface area (Å²) in [5, 5.41) is 86.1.